The fourth-order valence-electron chi connectivity index (χ4n) is 2.16. The maximum Gasteiger partial charge on any atom is 0.407 e. The molecule has 1 aliphatic rings. The first-order valence-electron chi connectivity index (χ1n) is 5.23. The number of carbonyl (C=O) groups is 1. The predicted molar refractivity (Wildman–Crippen MR) is 57.2 cm³/mol. The summed E-state index contributed by atoms with van der Waals surface area (Å²) in [6.07, 6.45) is 1.37. The molecule has 2 atom stereocenters. The Morgan fingerprint density at radius 2 is 2.38 bits per heavy atom. The minimum Gasteiger partial charge on any atom is -0.465 e. The van der Waals surface area contributed by atoms with E-state index in [-0.39, 0.29) is 18.6 Å². The van der Waals surface area contributed by atoms with Gasteiger partial charge < -0.3 is 15.1 Å². The lowest BCUT2D eigenvalue weighted by Gasteiger charge is -2.18. The Morgan fingerprint density at radius 3 is 2.88 bits per heavy atom. The summed E-state index contributed by atoms with van der Waals surface area (Å²) in [4.78, 5) is 16.5. The van der Waals surface area contributed by atoms with Crippen molar-refractivity contribution in [2.75, 3.05) is 13.2 Å². The van der Waals surface area contributed by atoms with Crippen LogP contribution in [0.3, 0.4) is 0 Å². The van der Waals surface area contributed by atoms with Gasteiger partial charge in [-0.05, 0) is 18.6 Å². The van der Waals surface area contributed by atoms with Crippen molar-refractivity contribution < 1.29 is 15.0 Å². The van der Waals surface area contributed by atoms with Gasteiger partial charge in [-0.25, -0.2) is 4.79 Å². The number of nitrogens with zero attached hydrogens (tertiary/aromatic N) is 2. The molecule has 0 unspecified atom stereocenters. The van der Waals surface area contributed by atoms with Crippen molar-refractivity contribution in [3.8, 4) is 0 Å². The third-order valence-corrected chi connectivity index (χ3v) is 2.98. The van der Waals surface area contributed by atoms with Crippen LogP contribution in [0.15, 0.2) is 24.4 Å². The molecule has 5 heteroatoms. The van der Waals surface area contributed by atoms with Crippen LogP contribution in [-0.2, 0) is 0 Å². The lowest BCUT2D eigenvalue weighted by atomic mass is 10.0. The smallest absolute Gasteiger partial charge is 0.407 e. The Labute approximate surface area is 93.3 Å². The molecule has 16 heavy (non-hydrogen) atoms. The van der Waals surface area contributed by atoms with E-state index in [2.05, 4.69) is 4.98 Å². The molecule has 0 saturated carbocycles. The van der Waals surface area contributed by atoms with E-state index >= 15 is 0 Å². The van der Waals surface area contributed by atoms with Crippen molar-refractivity contribution >= 4 is 6.09 Å². The number of pyridine rings is 1. The van der Waals surface area contributed by atoms with E-state index in [0.29, 0.717) is 13.0 Å². The number of rotatable bonds is 2. The molecule has 5 nitrogen and oxygen atoms in total. The van der Waals surface area contributed by atoms with Crippen LogP contribution in [0.4, 0.5) is 4.79 Å². The first kappa shape index (κ1) is 10.9. The summed E-state index contributed by atoms with van der Waals surface area (Å²) in [6, 6.07) is 5.31. The van der Waals surface area contributed by atoms with Crippen LogP contribution in [0, 0.1) is 0 Å². The largest absolute Gasteiger partial charge is 0.465 e. The van der Waals surface area contributed by atoms with Crippen LogP contribution < -0.4 is 0 Å². The molecular weight excluding hydrogens is 208 g/mol. The number of amides is 1. The van der Waals surface area contributed by atoms with Crippen molar-refractivity contribution in [2.45, 2.75) is 18.4 Å². The third kappa shape index (κ3) is 1.99. The molecule has 2 heterocycles. The molecule has 0 spiro atoms. The summed E-state index contributed by atoms with van der Waals surface area (Å²) in [5.41, 5.74) is 0.893. The van der Waals surface area contributed by atoms with Gasteiger partial charge in [0.15, 0.2) is 0 Å². The number of likely N-dealkylation sites (tertiary alicyclic amines) is 1. The van der Waals surface area contributed by atoms with E-state index in [4.69, 9.17) is 10.2 Å². The van der Waals surface area contributed by atoms with Crippen molar-refractivity contribution in [3.63, 3.8) is 0 Å². The molecule has 2 rings (SSSR count). The topological polar surface area (TPSA) is 73.7 Å². The van der Waals surface area contributed by atoms with Crippen molar-refractivity contribution in [3.05, 3.63) is 30.1 Å². The van der Waals surface area contributed by atoms with Crippen LogP contribution in [0.1, 0.15) is 18.0 Å². The molecule has 0 aliphatic carbocycles. The molecule has 86 valence electrons. The Kier molecular flexibility index (Phi) is 3.05. The van der Waals surface area contributed by atoms with Crippen LogP contribution in [0.2, 0.25) is 0 Å². The van der Waals surface area contributed by atoms with Gasteiger partial charge in [0.2, 0.25) is 0 Å². The maximum absolute atomic E-state index is 10.9. The van der Waals surface area contributed by atoms with E-state index in [1.54, 1.807) is 6.20 Å². The molecule has 0 bridgehead atoms. The van der Waals surface area contributed by atoms with Gasteiger partial charge in [0.1, 0.15) is 0 Å². The number of hydrogen-bond donors (Lipinski definition) is 2. The Bertz CT molecular complexity index is 369. The van der Waals surface area contributed by atoms with Gasteiger partial charge in [0.25, 0.3) is 0 Å². The van der Waals surface area contributed by atoms with Crippen LogP contribution >= 0.6 is 0 Å². The minimum absolute atomic E-state index is 0.0921. The van der Waals surface area contributed by atoms with Gasteiger partial charge in [-0.15, -0.1) is 0 Å². The summed E-state index contributed by atoms with van der Waals surface area (Å²) in [5, 5.41) is 18.1. The number of aliphatic hydroxyl groups is 1. The summed E-state index contributed by atoms with van der Waals surface area (Å²) < 4.78 is 0. The van der Waals surface area contributed by atoms with Crippen LogP contribution in [0.5, 0.6) is 0 Å². The first-order chi connectivity index (χ1) is 7.72. The molecule has 1 aliphatic heterocycles. The summed E-state index contributed by atoms with van der Waals surface area (Å²) in [7, 11) is 0. The minimum atomic E-state index is -0.975. The monoisotopic (exact) mass is 222 g/mol. The quantitative estimate of drug-likeness (QED) is 0.780. The fourth-order valence-corrected chi connectivity index (χ4v) is 2.16. The SMILES string of the molecule is O=C(O)N1C[C@@H](c2ccccn2)C[C@H]1CO. The van der Waals surface area contributed by atoms with E-state index in [1.165, 1.54) is 4.90 Å². The van der Waals surface area contributed by atoms with E-state index in [0.717, 1.165) is 5.69 Å². The Hall–Kier alpha value is -1.62. The summed E-state index contributed by atoms with van der Waals surface area (Å²) in [5.74, 6) is 0.0921. The van der Waals surface area contributed by atoms with Gasteiger partial charge in [0.05, 0.1) is 12.6 Å². The molecule has 1 amide bonds. The molecule has 0 radical (unpaired) electrons. The van der Waals surface area contributed by atoms with Gasteiger partial charge in [0, 0.05) is 24.4 Å². The van der Waals surface area contributed by atoms with Gasteiger partial charge >= 0.3 is 6.09 Å². The summed E-state index contributed by atoms with van der Waals surface area (Å²) in [6.45, 7) is 0.285. The van der Waals surface area contributed by atoms with Crippen molar-refractivity contribution in [1.29, 1.82) is 0 Å². The zero-order chi connectivity index (χ0) is 11.5. The second-order valence-electron chi connectivity index (χ2n) is 3.96. The standard InChI is InChI=1S/C11H14N2O3/c14-7-9-5-8(6-13(9)11(15)16)10-3-1-2-4-12-10/h1-4,8-9,14H,5-7H2,(H,15,16)/t8-,9-/m0/s1. The van der Waals surface area contributed by atoms with Gasteiger partial charge in [-0.3, -0.25) is 4.98 Å². The number of carboxylic acid groups (broad SMARTS) is 1. The van der Waals surface area contributed by atoms with Crippen LogP contribution in [-0.4, -0.2) is 45.4 Å². The Morgan fingerprint density at radius 1 is 1.56 bits per heavy atom. The van der Waals surface area contributed by atoms with E-state index < -0.39 is 6.09 Å². The molecule has 1 aromatic rings. The molecule has 1 fully saturated rings. The number of aliphatic hydroxyl groups excluding tert-OH is 1. The molecular formula is C11H14N2O3. The molecule has 0 aromatic carbocycles. The molecule has 2 N–H and O–H groups in total. The highest BCUT2D eigenvalue weighted by Crippen LogP contribution is 2.30. The zero-order valence-electron chi connectivity index (χ0n) is 8.78. The Balaban J connectivity index is 2.14. The number of hydrogen-bond acceptors (Lipinski definition) is 3. The fraction of sp³-hybridized carbons (Fsp3) is 0.455. The highest BCUT2D eigenvalue weighted by molar-refractivity contribution is 5.66. The normalized spacial score (nSPS) is 24.7. The average molecular weight is 222 g/mol. The summed E-state index contributed by atoms with van der Waals surface area (Å²) >= 11 is 0. The maximum atomic E-state index is 10.9. The third-order valence-electron chi connectivity index (χ3n) is 2.98. The van der Waals surface area contributed by atoms with Crippen molar-refractivity contribution in [1.82, 2.24) is 9.88 Å². The van der Waals surface area contributed by atoms with Gasteiger partial charge in [-0.1, -0.05) is 6.07 Å². The zero-order valence-corrected chi connectivity index (χ0v) is 8.78. The lowest BCUT2D eigenvalue weighted by molar-refractivity contribution is 0.118. The van der Waals surface area contributed by atoms with Crippen molar-refractivity contribution in [2.24, 2.45) is 0 Å². The van der Waals surface area contributed by atoms with Gasteiger partial charge in [-0.2, -0.15) is 0 Å². The second-order valence-corrected chi connectivity index (χ2v) is 3.96. The highest BCUT2D eigenvalue weighted by Gasteiger charge is 2.35. The number of aromatic nitrogens is 1. The van der Waals surface area contributed by atoms with E-state index in [1.807, 2.05) is 18.2 Å². The molecule has 1 saturated heterocycles. The van der Waals surface area contributed by atoms with E-state index in [9.17, 15) is 4.79 Å². The highest BCUT2D eigenvalue weighted by atomic mass is 16.4. The molecule has 1 aromatic heterocycles. The predicted octanol–water partition coefficient (Wildman–Crippen LogP) is 0.910. The first-order valence-corrected chi connectivity index (χ1v) is 5.23. The van der Waals surface area contributed by atoms with Crippen LogP contribution in [0.25, 0.3) is 0 Å². The average Bonchev–Trinajstić information content (AvgIpc) is 2.74. The second kappa shape index (κ2) is 4.49. The lowest BCUT2D eigenvalue weighted by Crippen LogP contribution is -2.36.